The summed E-state index contributed by atoms with van der Waals surface area (Å²) in [5.74, 6) is 1.56. The lowest BCUT2D eigenvalue weighted by Gasteiger charge is -2.37. The van der Waals surface area contributed by atoms with E-state index in [4.69, 9.17) is 4.74 Å². The van der Waals surface area contributed by atoms with E-state index in [1.807, 2.05) is 33.8 Å². The molecule has 1 amide bonds. The number of aromatic nitrogens is 3. The first kappa shape index (κ1) is 25.1. The summed E-state index contributed by atoms with van der Waals surface area (Å²) in [5, 5.41) is 7.59. The highest BCUT2D eigenvalue weighted by Gasteiger charge is 2.29. The van der Waals surface area contributed by atoms with Gasteiger partial charge in [-0.2, -0.15) is 5.10 Å². The molecule has 182 valence electrons. The van der Waals surface area contributed by atoms with Gasteiger partial charge in [-0.05, 0) is 71.6 Å². The minimum atomic E-state index is -0.596. The summed E-state index contributed by atoms with van der Waals surface area (Å²) in [4.78, 5) is 19.5. The predicted molar refractivity (Wildman–Crippen MR) is 127 cm³/mol. The third-order valence-electron chi connectivity index (χ3n) is 6.11. The van der Waals surface area contributed by atoms with Crippen LogP contribution in [-0.2, 0) is 11.2 Å². The highest BCUT2D eigenvalue weighted by molar-refractivity contribution is 5.68. The van der Waals surface area contributed by atoms with Crippen LogP contribution in [0.15, 0.2) is 24.3 Å². The molecule has 1 N–H and O–H groups in total. The summed E-state index contributed by atoms with van der Waals surface area (Å²) >= 11 is 0. The van der Waals surface area contributed by atoms with E-state index in [0.717, 1.165) is 49.6 Å². The quantitative estimate of drug-likeness (QED) is 0.633. The molecular weight excluding hydrogens is 421 g/mol. The monoisotopic (exact) mass is 459 g/mol. The van der Waals surface area contributed by atoms with E-state index in [2.05, 4.69) is 38.8 Å². The number of carbonyl (C=O) groups is 1. The van der Waals surface area contributed by atoms with E-state index in [1.165, 1.54) is 12.1 Å². The van der Waals surface area contributed by atoms with Crippen LogP contribution < -0.4 is 5.32 Å². The Hall–Kier alpha value is -2.48. The first-order valence-electron chi connectivity index (χ1n) is 12.0. The van der Waals surface area contributed by atoms with Crippen molar-refractivity contribution in [1.29, 1.82) is 0 Å². The molecule has 1 unspecified atom stereocenters. The zero-order chi connectivity index (χ0) is 24.2. The normalized spacial score (nSPS) is 17.5. The summed E-state index contributed by atoms with van der Waals surface area (Å²) in [6, 6.07) is 6.66. The van der Waals surface area contributed by atoms with Crippen LogP contribution >= 0.6 is 0 Å². The number of likely N-dealkylation sites (tertiary alicyclic amines) is 1. The first-order chi connectivity index (χ1) is 15.6. The van der Waals surface area contributed by atoms with Gasteiger partial charge in [0.1, 0.15) is 23.1 Å². The second-order valence-electron chi connectivity index (χ2n) is 9.98. The van der Waals surface area contributed by atoms with E-state index in [9.17, 15) is 9.18 Å². The van der Waals surface area contributed by atoms with E-state index < -0.39 is 11.7 Å². The molecule has 0 spiro atoms. The largest absolute Gasteiger partial charge is 0.444 e. The number of alkyl carbamates (subject to hydrolysis) is 1. The highest BCUT2D eigenvalue weighted by atomic mass is 19.1. The molecule has 1 aliphatic heterocycles. The lowest BCUT2D eigenvalue weighted by molar-refractivity contribution is 0.0486. The van der Waals surface area contributed by atoms with Crippen LogP contribution in [-0.4, -0.2) is 50.5 Å². The number of benzene rings is 1. The van der Waals surface area contributed by atoms with Crippen molar-refractivity contribution in [3.05, 3.63) is 47.3 Å². The maximum absolute atomic E-state index is 13.9. The van der Waals surface area contributed by atoms with Crippen molar-refractivity contribution in [3.63, 3.8) is 0 Å². The standard InChI is InChI=1S/C25H38FN5O2/c1-7-23-27-18(3)29-31(23)21-11-13-30(14-12-21)17(2)15-22(19-9-8-10-20(26)16-19)28-24(32)33-25(4,5)6/h8-10,16-17,21-22H,7,11-15H2,1-6H3,(H,28,32)/t17?,22-/m0/s1. The lowest BCUT2D eigenvalue weighted by atomic mass is 9.96. The van der Waals surface area contributed by atoms with Crippen molar-refractivity contribution in [2.45, 2.75) is 91.0 Å². The number of hydrogen-bond acceptors (Lipinski definition) is 5. The van der Waals surface area contributed by atoms with E-state index in [-0.39, 0.29) is 17.9 Å². The van der Waals surface area contributed by atoms with Crippen LogP contribution in [0, 0.1) is 12.7 Å². The molecule has 1 aliphatic rings. The number of ether oxygens (including phenoxy) is 1. The molecule has 0 aliphatic carbocycles. The van der Waals surface area contributed by atoms with Crippen LogP contribution in [0.2, 0.25) is 0 Å². The molecule has 3 rings (SSSR count). The molecule has 1 fully saturated rings. The molecule has 0 radical (unpaired) electrons. The van der Waals surface area contributed by atoms with Crippen LogP contribution in [0.3, 0.4) is 0 Å². The van der Waals surface area contributed by atoms with Crippen molar-refractivity contribution >= 4 is 6.09 Å². The number of rotatable bonds is 7. The number of carbonyl (C=O) groups excluding carboxylic acids is 1. The van der Waals surface area contributed by atoms with Crippen LogP contribution in [0.5, 0.6) is 0 Å². The fourth-order valence-corrected chi connectivity index (χ4v) is 4.52. The maximum Gasteiger partial charge on any atom is 0.408 e. The lowest BCUT2D eigenvalue weighted by Crippen LogP contribution is -2.43. The van der Waals surface area contributed by atoms with Crippen molar-refractivity contribution in [2.24, 2.45) is 0 Å². The molecule has 8 heteroatoms. The van der Waals surface area contributed by atoms with Gasteiger partial charge >= 0.3 is 6.09 Å². The highest BCUT2D eigenvalue weighted by Crippen LogP contribution is 2.28. The Kier molecular flexibility index (Phi) is 8.10. The number of halogens is 1. The summed E-state index contributed by atoms with van der Waals surface area (Å²) < 4.78 is 21.5. The number of nitrogens with zero attached hydrogens (tertiary/aromatic N) is 4. The minimum absolute atomic E-state index is 0.206. The topological polar surface area (TPSA) is 72.3 Å². The molecule has 2 aromatic rings. The van der Waals surface area contributed by atoms with Gasteiger partial charge in [-0.15, -0.1) is 0 Å². The summed E-state index contributed by atoms with van der Waals surface area (Å²) in [6.07, 6.45) is 3.06. The molecule has 1 aromatic carbocycles. The van der Waals surface area contributed by atoms with Gasteiger partial charge in [-0.25, -0.2) is 18.9 Å². The number of hydrogen-bond donors (Lipinski definition) is 1. The molecule has 1 saturated heterocycles. The Morgan fingerprint density at radius 3 is 2.61 bits per heavy atom. The van der Waals surface area contributed by atoms with Crippen molar-refractivity contribution in [2.75, 3.05) is 13.1 Å². The average Bonchev–Trinajstić information content (AvgIpc) is 3.12. The fraction of sp³-hybridized carbons (Fsp3) is 0.640. The minimum Gasteiger partial charge on any atom is -0.444 e. The number of aryl methyl sites for hydroxylation is 2. The molecule has 7 nitrogen and oxygen atoms in total. The molecule has 0 saturated carbocycles. The Labute approximate surface area is 196 Å². The third kappa shape index (κ3) is 7.00. The van der Waals surface area contributed by atoms with Gasteiger partial charge in [0.2, 0.25) is 0 Å². The van der Waals surface area contributed by atoms with Gasteiger partial charge in [0.15, 0.2) is 0 Å². The number of piperidine rings is 1. The molecule has 0 bridgehead atoms. The van der Waals surface area contributed by atoms with Gasteiger partial charge in [0, 0.05) is 25.6 Å². The Morgan fingerprint density at radius 2 is 2.00 bits per heavy atom. The number of amides is 1. The zero-order valence-corrected chi connectivity index (χ0v) is 20.8. The smallest absolute Gasteiger partial charge is 0.408 e. The average molecular weight is 460 g/mol. The van der Waals surface area contributed by atoms with Gasteiger partial charge in [0.25, 0.3) is 0 Å². The summed E-state index contributed by atoms with van der Waals surface area (Å²) in [6.45, 7) is 13.6. The Balaban J connectivity index is 1.65. The Bertz CT molecular complexity index is 931. The SMILES string of the molecule is CCc1nc(C)nn1C1CCN(C(C)C[C@H](NC(=O)OC(C)(C)C)c2cccc(F)c2)CC1. The van der Waals surface area contributed by atoms with E-state index in [1.54, 1.807) is 6.07 Å². The summed E-state index contributed by atoms with van der Waals surface area (Å²) in [5.41, 5.74) is 0.148. The maximum atomic E-state index is 13.9. The predicted octanol–water partition coefficient (Wildman–Crippen LogP) is 4.97. The molecule has 33 heavy (non-hydrogen) atoms. The van der Waals surface area contributed by atoms with Gasteiger partial charge in [-0.1, -0.05) is 19.1 Å². The van der Waals surface area contributed by atoms with Gasteiger partial charge < -0.3 is 15.0 Å². The molecule has 2 heterocycles. The third-order valence-corrected chi connectivity index (χ3v) is 6.11. The van der Waals surface area contributed by atoms with Crippen molar-refractivity contribution in [1.82, 2.24) is 25.0 Å². The van der Waals surface area contributed by atoms with Crippen LogP contribution in [0.4, 0.5) is 9.18 Å². The fourth-order valence-electron chi connectivity index (χ4n) is 4.52. The first-order valence-corrected chi connectivity index (χ1v) is 12.0. The second-order valence-corrected chi connectivity index (χ2v) is 9.98. The van der Waals surface area contributed by atoms with E-state index >= 15 is 0 Å². The second kappa shape index (κ2) is 10.6. The van der Waals surface area contributed by atoms with Crippen molar-refractivity contribution in [3.8, 4) is 0 Å². The van der Waals surface area contributed by atoms with Gasteiger partial charge in [-0.3, -0.25) is 0 Å². The Morgan fingerprint density at radius 1 is 1.30 bits per heavy atom. The molecule has 2 atom stereocenters. The molecular formula is C25H38FN5O2. The summed E-state index contributed by atoms with van der Waals surface area (Å²) in [7, 11) is 0. The van der Waals surface area contributed by atoms with Crippen LogP contribution in [0.1, 0.15) is 83.2 Å². The van der Waals surface area contributed by atoms with Gasteiger partial charge in [0.05, 0.1) is 12.1 Å². The molecule has 1 aromatic heterocycles. The number of nitrogens with one attached hydrogen (secondary N) is 1. The van der Waals surface area contributed by atoms with Crippen molar-refractivity contribution < 1.29 is 13.9 Å². The van der Waals surface area contributed by atoms with Crippen LogP contribution in [0.25, 0.3) is 0 Å². The zero-order valence-electron chi connectivity index (χ0n) is 20.8. The van der Waals surface area contributed by atoms with E-state index in [0.29, 0.717) is 12.5 Å².